The zero-order chi connectivity index (χ0) is 11.0. The Labute approximate surface area is 85.3 Å². The van der Waals surface area contributed by atoms with E-state index in [9.17, 15) is 8.76 Å². The summed E-state index contributed by atoms with van der Waals surface area (Å²) in [5, 5.41) is 0. The first-order valence-electron chi connectivity index (χ1n) is 5.20. The molecular formula is C9H20FO3P. The smallest absolute Gasteiger partial charge is 0.299 e. The van der Waals surface area contributed by atoms with Gasteiger partial charge in [0.1, 0.15) is 0 Å². The second-order valence-electron chi connectivity index (χ2n) is 3.44. The molecule has 0 spiro atoms. The fourth-order valence-electron chi connectivity index (χ4n) is 1.31. The molecule has 0 saturated carbocycles. The van der Waals surface area contributed by atoms with Gasteiger partial charge in [-0.05, 0) is 12.8 Å². The van der Waals surface area contributed by atoms with Crippen molar-refractivity contribution >= 4 is 7.91 Å². The summed E-state index contributed by atoms with van der Waals surface area (Å²) in [6.07, 6.45) is 5.07. The SMILES string of the molecule is CCCCCCC(CC)OP(=O)(O)F. The van der Waals surface area contributed by atoms with Crippen LogP contribution in [0.2, 0.25) is 0 Å². The Morgan fingerprint density at radius 2 is 2.00 bits per heavy atom. The molecule has 0 heterocycles. The van der Waals surface area contributed by atoms with E-state index in [-0.39, 0.29) is 0 Å². The summed E-state index contributed by atoms with van der Waals surface area (Å²) >= 11 is 0. The van der Waals surface area contributed by atoms with Crippen molar-refractivity contribution in [2.75, 3.05) is 0 Å². The fraction of sp³-hybridized carbons (Fsp3) is 1.00. The van der Waals surface area contributed by atoms with E-state index in [1.807, 2.05) is 6.92 Å². The summed E-state index contributed by atoms with van der Waals surface area (Å²) < 4.78 is 27.0. The molecule has 0 radical (unpaired) electrons. The predicted octanol–water partition coefficient (Wildman–Crippen LogP) is 3.82. The molecule has 14 heavy (non-hydrogen) atoms. The van der Waals surface area contributed by atoms with Crippen LogP contribution in [0.3, 0.4) is 0 Å². The summed E-state index contributed by atoms with van der Waals surface area (Å²) in [7, 11) is -4.79. The lowest BCUT2D eigenvalue weighted by molar-refractivity contribution is 0.138. The van der Waals surface area contributed by atoms with E-state index in [2.05, 4.69) is 11.4 Å². The Balaban J connectivity index is 3.64. The third-order valence-electron chi connectivity index (χ3n) is 2.11. The highest BCUT2D eigenvalue weighted by atomic mass is 31.2. The summed E-state index contributed by atoms with van der Waals surface area (Å²) in [6, 6.07) is 0. The molecule has 5 heteroatoms. The second kappa shape index (κ2) is 7.38. The zero-order valence-electron chi connectivity index (χ0n) is 8.91. The lowest BCUT2D eigenvalue weighted by Gasteiger charge is -2.14. The fourth-order valence-corrected chi connectivity index (χ4v) is 1.94. The molecule has 0 bridgehead atoms. The Morgan fingerprint density at radius 1 is 1.36 bits per heavy atom. The molecule has 0 aliphatic rings. The minimum absolute atomic E-state index is 0.423. The molecule has 0 amide bonds. The van der Waals surface area contributed by atoms with E-state index in [1.165, 1.54) is 0 Å². The molecule has 3 nitrogen and oxygen atoms in total. The van der Waals surface area contributed by atoms with Crippen LogP contribution in [-0.4, -0.2) is 11.0 Å². The number of rotatable bonds is 8. The molecule has 0 fully saturated rings. The first-order chi connectivity index (χ1) is 6.49. The highest BCUT2D eigenvalue weighted by Crippen LogP contribution is 2.45. The molecule has 2 unspecified atom stereocenters. The van der Waals surface area contributed by atoms with Gasteiger partial charge >= 0.3 is 7.91 Å². The van der Waals surface area contributed by atoms with Gasteiger partial charge in [0.25, 0.3) is 0 Å². The lowest BCUT2D eigenvalue weighted by atomic mass is 10.1. The van der Waals surface area contributed by atoms with E-state index in [1.54, 1.807) is 0 Å². The molecule has 0 aromatic heterocycles. The van der Waals surface area contributed by atoms with Crippen molar-refractivity contribution in [2.24, 2.45) is 0 Å². The topological polar surface area (TPSA) is 46.5 Å². The van der Waals surface area contributed by atoms with Crippen LogP contribution in [0.15, 0.2) is 0 Å². The highest BCUT2D eigenvalue weighted by Gasteiger charge is 2.22. The van der Waals surface area contributed by atoms with Crippen molar-refractivity contribution in [3.63, 3.8) is 0 Å². The molecule has 0 aliphatic carbocycles. The number of unbranched alkanes of at least 4 members (excludes halogenated alkanes) is 3. The van der Waals surface area contributed by atoms with Crippen molar-refractivity contribution in [3.05, 3.63) is 0 Å². The van der Waals surface area contributed by atoms with Crippen LogP contribution in [0.1, 0.15) is 52.4 Å². The van der Waals surface area contributed by atoms with E-state index in [4.69, 9.17) is 4.89 Å². The third kappa shape index (κ3) is 8.67. The van der Waals surface area contributed by atoms with E-state index < -0.39 is 14.0 Å². The third-order valence-corrected chi connectivity index (χ3v) is 2.67. The van der Waals surface area contributed by atoms with Gasteiger partial charge in [-0.25, -0.2) is 4.57 Å². The van der Waals surface area contributed by atoms with Gasteiger partial charge < -0.3 is 0 Å². The normalized spacial score (nSPS) is 17.7. The maximum Gasteiger partial charge on any atom is 0.510 e. The molecule has 1 N–H and O–H groups in total. The lowest BCUT2D eigenvalue weighted by Crippen LogP contribution is -2.08. The first-order valence-corrected chi connectivity index (χ1v) is 6.67. The Hall–Kier alpha value is 0.0800. The minimum atomic E-state index is -4.79. The Bertz CT molecular complexity index is 181. The molecule has 2 atom stereocenters. The molecule has 86 valence electrons. The summed E-state index contributed by atoms with van der Waals surface area (Å²) in [5.41, 5.74) is 0. The maximum absolute atomic E-state index is 12.3. The molecule has 0 rings (SSSR count). The van der Waals surface area contributed by atoms with Crippen LogP contribution in [0.5, 0.6) is 0 Å². The number of hydrogen-bond acceptors (Lipinski definition) is 2. The van der Waals surface area contributed by atoms with E-state index >= 15 is 0 Å². The molecule has 0 saturated heterocycles. The van der Waals surface area contributed by atoms with Gasteiger partial charge in [-0.2, -0.15) is 0 Å². The second-order valence-corrected chi connectivity index (χ2v) is 4.55. The van der Waals surface area contributed by atoms with Crippen LogP contribution in [-0.2, 0) is 9.09 Å². The first kappa shape index (κ1) is 14.1. The van der Waals surface area contributed by atoms with Gasteiger partial charge in [0, 0.05) is 0 Å². The number of hydrogen-bond donors (Lipinski definition) is 1. The van der Waals surface area contributed by atoms with E-state index in [0.717, 1.165) is 25.7 Å². The minimum Gasteiger partial charge on any atom is -0.299 e. The highest BCUT2D eigenvalue weighted by molar-refractivity contribution is 7.46. The van der Waals surface area contributed by atoms with Crippen molar-refractivity contribution in [1.82, 2.24) is 0 Å². The average molecular weight is 226 g/mol. The van der Waals surface area contributed by atoms with E-state index in [0.29, 0.717) is 12.8 Å². The number of halogens is 1. The van der Waals surface area contributed by atoms with Crippen molar-refractivity contribution in [1.29, 1.82) is 0 Å². The van der Waals surface area contributed by atoms with Crippen molar-refractivity contribution < 1.29 is 18.2 Å². The quantitative estimate of drug-likeness (QED) is 0.505. The van der Waals surface area contributed by atoms with Gasteiger partial charge in [-0.1, -0.05) is 39.5 Å². The van der Waals surface area contributed by atoms with Crippen LogP contribution < -0.4 is 0 Å². The average Bonchev–Trinajstić information content (AvgIpc) is 2.08. The van der Waals surface area contributed by atoms with Gasteiger partial charge in [0.05, 0.1) is 6.10 Å². The van der Waals surface area contributed by atoms with Crippen LogP contribution in [0.4, 0.5) is 4.20 Å². The summed E-state index contributed by atoms with van der Waals surface area (Å²) in [4.78, 5) is 8.39. The predicted molar refractivity (Wildman–Crippen MR) is 54.9 cm³/mol. The Morgan fingerprint density at radius 3 is 2.43 bits per heavy atom. The molecule has 0 aliphatic heterocycles. The molecule has 0 aromatic rings. The Kier molecular flexibility index (Phi) is 7.42. The molecule has 0 aromatic carbocycles. The van der Waals surface area contributed by atoms with Gasteiger partial charge in [0.15, 0.2) is 0 Å². The summed E-state index contributed by atoms with van der Waals surface area (Å²) in [6.45, 7) is 3.93. The maximum atomic E-state index is 12.3. The van der Waals surface area contributed by atoms with Crippen molar-refractivity contribution in [3.8, 4) is 0 Å². The standard InChI is InChI=1S/C9H20FO3P/c1-3-5-6-7-8-9(4-2)13-14(10,11)12/h9H,3-8H2,1-2H3,(H,11,12). The van der Waals surface area contributed by atoms with Gasteiger partial charge in [-0.3, -0.25) is 9.42 Å². The zero-order valence-corrected chi connectivity index (χ0v) is 9.80. The van der Waals surface area contributed by atoms with Crippen LogP contribution in [0, 0.1) is 0 Å². The summed E-state index contributed by atoms with van der Waals surface area (Å²) in [5.74, 6) is 0. The monoisotopic (exact) mass is 226 g/mol. The van der Waals surface area contributed by atoms with Crippen LogP contribution in [0.25, 0.3) is 0 Å². The molecular weight excluding hydrogens is 206 g/mol. The van der Waals surface area contributed by atoms with Gasteiger partial charge in [-0.15, -0.1) is 4.20 Å². The van der Waals surface area contributed by atoms with Crippen molar-refractivity contribution in [2.45, 2.75) is 58.5 Å². The van der Waals surface area contributed by atoms with Gasteiger partial charge in [0.2, 0.25) is 0 Å². The van der Waals surface area contributed by atoms with Crippen LogP contribution >= 0.6 is 7.91 Å². The largest absolute Gasteiger partial charge is 0.510 e.